The van der Waals surface area contributed by atoms with E-state index in [0.29, 0.717) is 29.1 Å². The number of ether oxygens (including phenoxy) is 6. The van der Waals surface area contributed by atoms with Crippen LogP contribution in [0, 0.1) is 0 Å². The van der Waals surface area contributed by atoms with Gasteiger partial charge in [-0.05, 0) is 70.8 Å². The first-order chi connectivity index (χ1) is 25.9. The van der Waals surface area contributed by atoms with Crippen molar-refractivity contribution in [1.29, 1.82) is 0 Å². The highest BCUT2D eigenvalue weighted by atomic mass is 16.5. The van der Waals surface area contributed by atoms with E-state index in [2.05, 4.69) is 96.6 Å². The van der Waals surface area contributed by atoms with E-state index in [9.17, 15) is 0 Å². The summed E-state index contributed by atoms with van der Waals surface area (Å²) in [7, 11) is 8.18. The summed E-state index contributed by atoms with van der Waals surface area (Å²) in [6.07, 6.45) is 6.35. The third-order valence-corrected chi connectivity index (χ3v) is 11.1. The minimum atomic E-state index is -1.01. The van der Waals surface area contributed by atoms with Gasteiger partial charge >= 0.3 is 0 Å². The molecule has 1 unspecified atom stereocenters. The summed E-state index contributed by atoms with van der Waals surface area (Å²) < 4.78 is 35.8. The van der Waals surface area contributed by atoms with Crippen LogP contribution in [-0.2, 0) is 11.0 Å². The standard InChI is InChI=1S/C45H42N2O6/c1-8-44(9-2)35-13-11-10-12-31(35)40-33-24-36(49-4)37(50-5)25-34(33)42-32(41(40)44)22-23-45(53-42,29-18-20-30(48-3)21-19-29)28-16-14-27(15-17-28)43-46-38(51-6)26-39(47-43)52-7/h10-26H,8-9H2,1-7H3. The predicted molar refractivity (Wildman–Crippen MR) is 208 cm³/mol. The van der Waals surface area contributed by atoms with Crippen LogP contribution in [0.2, 0.25) is 0 Å². The molecule has 268 valence electrons. The van der Waals surface area contributed by atoms with Gasteiger partial charge in [0, 0.05) is 33.1 Å². The van der Waals surface area contributed by atoms with E-state index in [0.717, 1.165) is 57.4 Å². The third kappa shape index (κ3) is 5.11. The molecule has 6 aromatic rings. The molecule has 8 nitrogen and oxygen atoms in total. The number of hydrogen-bond donors (Lipinski definition) is 0. The number of benzene rings is 5. The number of fused-ring (bicyclic) bond motifs is 8. The molecule has 5 aromatic carbocycles. The average molecular weight is 707 g/mol. The Labute approximate surface area is 310 Å². The van der Waals surface area contributed by atoms with Gasteiger partial charge in [-0.25, -0.2) is 0 Å². The summed E-state index contributed by atoms with van der Waals surface area (Å²) in [4.78, 5) is 9.17. The van der Waals surface area contributed by atoms with Crippen LogP contribution in [0.25, 0.3) is 39.4 Å². The van der Waals surface area contributed by atoms with Gasteiger partial charge in [-0.1, -0.05) is 80.6 Å². The van der Waals surface area contributed by atoms with E-state index in [1.165, 1.54) is 22.3 Å². The molecule has 0 radical (unpaired) electrons. The van der Waals surface area contributed by atoms with Crippen LogP contribution < -0.4 is 28.4 Å². The summed E-state index contributed by atoms with van der Waals surface area (Å²) in [5.41, 5.74) is 7.66. The van der Waals surface area contributed by atoms with E-state index >= 15 is 0 Å². The molecule has 0 saturated heterocycles. The van der Waals surface area contributed by atoms with Crippen molar-refractivity contribution in [3.8, 4) is 57.3 Å². The molecule has 0 saturated carbocycles. The Morgan fingerprint density at radius 1 is 0.642 bits per heavy atom. The molecule has 1 aliphatic heterocycles. The zero-order valence-corrected chi connectivity index (χ0v) is 31.1. The van der Waals surface area contributed by atoms with Gasteiger partial charge in [0.2, 0.25) is 11.8 Å². The molecule has 2 aliphatic rings. The first-order valence-electron chi connectivity index (χ1n) is 17.8. The van der Waals surface area contributed by atoms with Crippen molar-refractivity contribution in [3.05, 3.63) is 125 Å². The Balaban J connectivity index is 1.40. The fourth-order valence-corrected chi connectivity index (χ4v) is 8.41. The van der Waals surface area contributed by atoms with Gasteiger partial charge in [-0.3, -0.25) is 0 Å². The molecule has 53 heavy (non-hydrogen) atoms. The van der Waals surface area contributed by atoms with Crippen molar-refractivity contribution >= 4 is 16.8 Å². The molecule has 0 amide bonds. The molecule has 0 spiro atoms. The first-order valence-corrected chi connectivity index (χ1v) is 17.8. The highest BCUT2D eigenvalue weighted by Crippen LogP contribution is 2.61. The van der Waals surface area contributed by atoms with E-state index < -0.39 is 5.60 Å². The monoisotopic (exact) mass is 706 g/mol. The van der Waals surface area contributed by atoms with Crippen molar-refractivity contribution in [3.63, 3.8) is 0 Å². The largest absolute Gasteiger partial charge is 0.497 e. The number of rotatable bonds is 10. The van der Waals surface area contributed by atoms with Crippen LogP contribution in [-0.4, -0.2) is 45.5 Å². The van der Waals surface area contributed by atoms with E-state index in [4.69, 9.17) is 28.4 Å². The molecule has 1 aromatic heterocycles. The number of methoxy groups -OCH3 is 5. The minimum absolute atomic E-state index is 0.204. The second-order valence-electron chi connectivity index (χ2n) is 13.3. The highest BCUT2D eigenvalue weighted by Gasteiger charge is 2.47. The smallest absolute Gasteiger partial charge is 0.220 e. The second kappa shape index (κ2) is 13.2. The molecular weight excluding hydrogens is 665 g/mol. The van der Waals surface area contributed by atoms with Crippen molar-refractivity contribution in [2.24, 2.45) is 0 Å². The summed E-state index contributed by atoms with van der Waals surface area (Å²) in [6, 6.07) is 30.9. The van der Waals surface area contributed by atoms with Crippen LogP contribution in [0.1, 0.15) is 54.5 Å². The Morgan fingerprint density at radius 3 is 1.83 bits per heavy atom. The molecular formula is C45H42N2O6. The van der Waals surface area contributed by atoms with Crippen LogP contribution in [0.4, 0.5) is 0 Å². The van der Waals surface area contributed by atoms with E-state index in [1.807, 2.05) is 24.3 Å². The van der Waals surface area contributed by atoms with Crippen molar-refractivity contribution in [2.75, 3.05) is 35.5 Å². The highest BCUT2D eigenvalue weighted by molar-refractivity contribution is 6.09. The lowest BCUT2D eigenvalue weighted by molar-refractivity contribution is 0.163. The van der Waals surface area contributed by atoms with Gasteiger partial charge in [0.05, 0.1) is 41.6 Å². The summed E-state index contributed by atoms with van der Waals surface area (Å²) in [6.45, 7) is 4.58. The van der Waals surface area contributed by atoms with Crippen LogP contribution >= 0.6 is 0 Å². The van der Waals surface area contributed by atoms with Gasteiger partial charge < -0.3 is 28.4 Å². The number of hydrogen-bond acceptors (Lipinski definition) is 8. The maximum Gasteiger partial charge on any atom is 0.220 e. The SMILES string of the molecule is CCC1(CC)c2ccccc2-c2c1c1c(c3cc(OC)c(OC)cc23)OC(c2ccc(OC)cc2)(c2ccc(-c3nc(OC)cc(OC)n3)cc2)C=C1. The summed E-state index contributed by atoms with van der Waals surface area (Å²) >= 11 is 0. The second-order valence-corrected chi connectivity index (χ2v) is 13.3. The van der Waals surface area contributed by atoms with Gasteiger partial charge in [0.25, 0.3) is 0 Å². The van der Waals surface area contributed by atoms with E-state index in [1.54, 1.807) is 41.6 Å². The maximum atomic E-state index is 7.58. The summed E-state index contributed by atoms with van der Waals surface area (Å²) in [5.74, 6) is 4.20. The van der Waals surface area contributed by atoms with Gasteiger partial charge in [-0.2, -0.15) is 9.97 Å². The maximum absolute atomic E-state index is 7.58. The minimum Gasteiger partial charge on any atom is -0.497 e. The predicted octanol–water partition coefficient (Wildman–Crippen LogP) is 9.78. The number of nitrogens with zero attached hydrogens (tertiary/aromatic N) is 2. The Hall–Kier alpha value is -6.02. The van der Waals surface area contributed by atoms with Crippen LogP contribution in [0.15, 0.2) is 97.1 Å². The molecule has 8 rings (SSSR count). The Kier molecular flexibility index (Phi) is 8.48. The first kappa shape index (κ1) is 34.1. The zero-order chi connectivity index (χ0) is 36.9. The molecule has 1 atom stereocenters. The lowest BCUT2D eigenvalue weighted by Gasteiger charge is -2.39. The average Bonchev–Trinajstić information content (AvgIpc) is 3.53. The topological polar surface area (TPSA) is 81.2 Å². The molecule has 2 heterocycles. The van der Waals surface area contributed by atoms with Gasteiger partial charge in [-0.15, -0.1) is 0 Å². The van der Waals surface area contributed by atoms with Crippen molar-refractivity contribution < 1.29 is 28.4 Å². The van der Waals surface area contributed by atoms with Crippen LogP contribution in [0.3, 0.4) is 0 Å². The Bertz CT molecular complexity index is 2360. The molecule has 0 fully saturated rings. The fourth-order valence-electron chi connectivity index (χ4n) is 8.41. The third-order valence-electron chi connectivity index (χ3n) is 11.1. The fraction of sp³-hybridized carbons (Fsp3) is 0.244. The lowest BCUT2D eigenvalue weighted by atomic mass is 9.71. The van der Waals surface area contributed by atoms with Gasteiger partial charge in [0.1, 0.15) is 11.5 Å². The van der Waals surface area contributed by atoms with Crippen LogP contribution in [0.5, 0.6) is 34.8 Å². The molecule has 0 bridgehead atoms. The normalized spacial score (nSPS) is 16.3. The molecule has 8 heteroatoms. The Morgan fingerprint density at radius 2 is 1.25 bits per heavy atom. The lowest BCUT2D eigenvalue weighted by Crippen LogP contribution is -2.35. The zero-order valence-electron chi connectivity index (χ0n) is 31.1. The quantitative estimate of drug-likeness (QED) is 0.139. The molecule has 0 N–H and O–H groups in total. The number of aromatic nitrogens is 2. The van der Waals surface area contributed by atoms with Gasteiger partial charge in [0.15, 0.2) is 22.9 Å². The molecule has 1 aliphatic carbocycles. The van der Waals surface area contributed by atoms with Crippen molar-refractivity contribution in [2.45, 2.75) is 37.7 Å². The van der Waals surface area contributed by atoms with Crippen molar-refractivity contribution in [1.82, 2.24) is 9.97 Å². The summed E-state index contributed by atoms with van der Waals surface area (Å²) in [5, 5.41) is 2.01. The van der Waals surface area contributed by atoms with E-state index in [-0.39, 0.29) is 5.41 Å².